The van der Waals surface area contributed by atoms with E-state index in [9.17, 15) is 0 Å². The molecule has 0 radical (unpaired) electrons. The lowest BCUT2D eigenvalue weighted by Crippen LogP contribution is -2.31. The summed E-state index contributed by atoms with van der Waals surface area (Å²) in [6.07, 6.45) is 4.14. The van der Waals surface area contributed by atoms with E-state index < -0.39 is 0 Å². The van der Waals surface area contributed by atoms with Gasteiger partial charge in [0.25, 0.3) is 0 Å². The van der Waals surface area contributed by atoms with Gasteiger partial charge < -0.3 is 0 Å². The van der Waals surface area contributed by atoms with Crippen LogP contribution in [0.1, 0.15) is 13.3 Å². The average Bonchev–Trinajstić information content (AvgIpc) is 2.17. The minimum atomic E-state index is 0.834. The molecule has 12 heavy (non-hydrogen) atoms. The molecule has 1 aromatic heterocycles. The number of nitrogens with zero attached hydrogens (tertiary/aromatic N) is 3. The summed E-state index contributed by atoms with van der Waals surface area (Å²) in [6, 6.07) is 0. The number of amidine groups is 1. The Hall–Kier alpha value is -1.65. The molecule has 0 spiro atoms. The topological polar surface area (TPSA) is 62.2 Å². The van der Waals surface area contributed by atoms with Crippen molar-refractivity contribution in [3.8, 4) is 0 Å². The molecule has 0 bridgehead atoms. The van der Waals surface area contributed by atoms with Crippen molar-refractivity contribution in [3.05, 3.63) is 12.4 Å². The fourth-order valence-corrected chi connectivity index (χ4v) is 0.980. The van der Waals surface area contributed by atoms with E-state index in [0.29, 0.717) is 0 Å². The summed E-state index contributed by atoms with van der Waals surface area (Å²) in [5.74, 6) is 0.913. The fourth-order valence-electron chi connectivity index (χ4n) is 0.980. The van der Waals surface area contributed by atoms with Crippen LogP contribution in [0.25, 0.3) is 0 Å². The zero-order valence-electron chi connectivity index (χ0n) is 6.70. The summed E-state index contributed by atoms with van der Waals surface area (Å²) in [6.45, 7) is 2.03. The van der Waals surface area contributed by atoms with Crippen LogP contribution < -0.4 is 10.9 Å². The molecule has 0 unspecified atom stereocenters. The van der Waals surface area contributed by atoms with Gasteiger partial charge in [0, 0.05) is 6.42 Å². The molecule has 0 amide bonds. The third-order valence-electron chi connectivity index (χ3n) is 1.64. The van der Waals surface area contributed by atoms with Crippen LogP contribution in [0.3, 0.4) is 0 Å². The highest BCUT2D eigenvalue weighted by molar-refractivity contribution is 5.90. The van der Waals surface area contributed by atoms with E-state index in [4.69, 9.17) is 0 Å². The molecule has 2 heterocycles. The number of rotatable bonds is 1. The maximum atomic E-state index is 4.30. The first-order valence-electron chi connectivity index (χ1n) is 3.80. The van der Waals surface area contributed by atoms with Crippen LogP contribution in [0.4, 0.5) is 11.4 Å². The van der Waals surface area contributed by atoms with Gasteiger partial charge in [-0.3, -0.25) is 10.9 Å². The molecule has 0 atom stereocenters. The number of nitrogens with one attached hydrogen (secondary N) is 2. The molecule has 1 aliphatic rings. The highest BCUT2D eigenvalue weighted by Crippen LogP contribution is 2.23. The first kappa shape index (κ1) is 7.02. The maximum Gasteiger partial charge on any atom is 0.120 e. The number of hydrogen-bond donors (Lipinski definition) is 2. The highest BCUT2D eigenvalue weighted by atomic mass is 15.4. The van der Waals surface area contributed by atoms with Gasteiger partial charge in [0.1, 0.15) is 17.2 Å². The Bertz CT molecular complexity index is 319. The second kappa shape index (κ2) is 2.77. The zero-order chi connectivity index (χ0) is 8.39. The van der Waals surface area contributed by atoms with Crippen LogP contribution in [0.2, 0.25) is 0 Å². The largest absolute Gasteiger partial charge is 0.296 e. The second-order valence-corrected chi connectivity index (χ2v) is 2.45. The van der Waals surface area contributed by atoms with Crippen LogP contribution in [0.15, 0.2) is 17.4 Å². The number of hydrogen-bond acceptors (Lipinski definition) is 5. The predicted octanol–water partition coefficient (Wildman–Crippen LogP) is 0.847. The minimum absolute atomic E-state index is 0.834. The van der Waals surface area contributed by atoms with E-state index in [1.165, 1.54) is 0 Å². The molecular weight excluding hydrogens is 154 g/mol. The Morgan fingerprint density at radius 3 is 2.92 bits per heavy atom. The van der Waals surface area contributed by atoms with Gasteiger partial charge in [-0.25, -0.2) is 4.99 Å². The Balaban J connectivity index is 2.41. The van der Waals surface area contributed by atoms with Gasteiger partial charge in [-0.15, -0.1) is 0 Å². The van der Waals surface area contributed by atoms with E-state index in [-0.39, 0.29) is 0 Å². The van der Waals surface area contributed by atoms with Crippen LogP contribution in [-0.2, 0) is 0 Å². The van der Waals surface area contributed by atoms with E-state index in [0.717, 1.165) is 23.6 Å². The van der Waals surface area contributed by atoms with Crippen molar-refractivity contribution in [2.45, 2.75) is 13.3 Å². The molecule has 0 aromatic carbocycles. The van der Waals surface area contributed by atoms with Crippen LogP contribution in [-0.4, -0.2) is 16.0 Å². The SMILES string of the molecule is CCC1=Nc2cnncc2NN1. The van der Waals surface area contributed by atoms with Crippen LogP contribution in [0.5, 0.6) is 0 Å². The van der Waals surface area contributed by atoms with Gasteiger partial charge in [0.05, 0.1) is 12.4 Å². The van der Waals surface area contributed by atoms with E-state index in [1.807, 2.05) is 6.92 Å². The molecule has 1 aromatic rings. The first-order valence-corrected chi connectivity index (χ1v) is 3.80. The normalized spacial score (nSPS) is 13.9. The van der Waals surface area contributed by atoms with Gasteiger partial charge in [0.2, 0.25) is 0 Å². The summed E-state index contributed by atoms with van der Waals surface area (Å²) in [5, 5.41) is 7.47. The van der Waals surface area contributed by atoms with Gasteiger partial charge in [-0.2, -0.15) is 10.2 Å². The third kappa shape index (κ3) is 1.09. The van der Waals surface area contributed by atoms with E-state index >= 15 is 0 Å². The van der Waals surface area contributed by atoms with Crippen molar-refractivity contribution in [2.24, 2.45) is 4.99 Å². The smallest absolute Gasteiger partial charge is 0.120 e. The molecule has 2 N–H and O–H groups in total. The summed E-state index contributed by atoms with van der Waals surface area (Å²) >= 11 is 0. The van der Waals surface area contributed by atoms with Crippen molar-refractivity contribution in [2.75, 3.05) is 5.43 Å². The van der Waals surface area contributed by atoms with Crippen LogP contribution in [0, 0.1) is 0 Å². The molecule has 2 rings (SSSR count). The summed E-state index contributed by atoms with van der Waals surface area (Å²) in [4.78, 5) is 4.30. The lowest BCUT2D eigenvalue weighted by molar-refractivity contribution is 0.975. The maximum absolute atomic E-state index is 4.30. The third-order valence-corrected chi connectivity index (χ3v) is 1.64. The van der Waals surface area contributed by atoms with Gasteiger partial charge >= 0.3 is 0 Å². The average molecular weight is 163 g/mol. The van der Waals surface area contributed by atoms with E-state index in [2.05, 4.69) is 26.0 Å². The van der Waals surface area contributed by atoms with Crippen molar-refractivity contribution in [3.63, 3.8) is 0 Å². The Morgan fingerprint density at radius 2 is 2.08 bits per heavy atom. The number of anilines is 1. The minimum Gasteiger partial charge on any atom is -0.296 e. The second-order valence-electron chi connectivity index (χ2n) is 2.45. The molecule has 1 aliphatic heterocycles. The van der Waals surface area contributed by atoms with Gasteiger partial charge in [-0.1, -0.05) is 6.92 Å². The van der Waals surface area contributed by atoms with E-state index in [1.54, 1.807) is 12.4 Å². The highest BCUT2D eigenvalue weighted by Gasteiger charge is 2.08. The lowest BCUT2D eigenvalue weighted by atomic mass is 10.3. The monoisotopic (exact) mass is 163 g/mol. The molecule has 5 nitrogen and oxygen atoms in total. The molecule has 5 heteroatoms. The number of aliphatic imine (C=N–C) groups is 1. The summed E-state index contributed by atoms with van der Waals surface area (Å²) in [5.41, 5.74) is 7.63. The van der Waals surface area contributed by atoms with Crippen molar-refractivity contribution < 1.29 is 0 Å². The van der Waals surface area contributed by atoms with Crippen molar-refractivity contribution >= 4 is 17.2 Å². The summed E-state index contributed by atoms with van der Waals surface area (Å²) < 4.78 is 0. The molecule has 0 fully saturated rings. The fraction of sp³-hybridized carbons (Fsp3) is 0.286. The number of aromatic nitrogens is 2. The molecule has 62 valence electrons. The number of fused-ring (bicyclic) bond motifs is 1. The predicted molar refractivity (Wildman–Crippen MR) is 46.2 cm³/mol. The van der Waals surface area contributed by atoms with Crippen molar-refractivity contribution in [1.82, 2.24) is 15.6 Å². The van der Waals surface area contributed by atoms with Crippen molar-refractivity contribution in [1.29, 1.82) is 0 Å². The Labute approximate surface area is 69.9 Å². The standard InChI is InChI=1S/C7H9N5/c1-2-7-10-5-3-8-9-4-6(5)11-12-7/h3-4,11H,2H2,1H3,(H,10,12). The number of hydrazine groups is 1. The Kier molecular flexibility index (Phi) is 1.62. The first-order chi connectivity index (χ1) is 5.90. The summed E-state index contributed by atoms with van der Waals surface area (Å²) in [7, 11) is 0. The molecule has 0 saturated carbocycles. The Morgan fingerprint density at radius 1 is 1.25 bits per heavy atom. The van der Waals surface area contributed by atoms with Gasteiger partial charge in [0.15, 0.2) is 0 Å². The van der Waals surface area contributed by atoms with Crippen LogP contribution >= 0.6 is 0 Å². The zero-order valence-corrected chi connectivity index (χ0v) is 6.70. The molecule has 0 aliphatic carbocycles. The lowest BCUT2D eigenvalue weighted by Gasteiger charge is -2.16. The quantitative estimate of drug-likeness (QED) is 0.644. The molecule has 0 saturated heterocycles. The van der Waals surface area contributed by atoms with Gasteiger partial charge in [-0.05, 0) is 0 Å². The molecular formula is C7H9N5.